The lowest BCUT2D eigenvalue weighted by Gasteiger charge is -2.10. The fourth-order valence-corrected chi connectivity index (χ4v) is 2.59. The first kappa shape index (κ1) is 17.4. The first-order valence-corrected chi connectivity index (χ1v) is 7.92. The van der Waals surface area contributed by atoms with E-state index in [4.69, 9.17) is 23.2 Å². The van der Waals surface area contributed by atoms with E-state index in [2.05, 4.69) is 10.3 Å². The van der Waals surface area contributed by atoms with E-state index in [1.54, 1.807) is 18.2 Å². The summed E-state index contributed by atoms with van der Waals surface area (Å²) in [5, 5.41) is 3.34. The van der Waals surface area contributed by atoms with Gasteiger partial charge < -0.3 is 0 Å². The highest BCUT2D eigenvalue weighted by molar-refractivity contribution is 6.42. The first-order chi connectivity index (χ1) is 11.9. The van der Waals surface area contributed by atoms with Gasteiger partial charge in [0.15, 0.2) is 0 Å². The van der Waals surface area contributed by atoms with Crippen molar-refractivity contribution in [1.82, 2.24) is 9.55 Å². The molecule has 0 saturated heterocycles. The highest BCUT2D eigenvalue weighted by atomic mass is 35.5. The average Bonchev–Trinajstić information content (AvgIpc) is 2.98. The Bertz CT molecular complexity index is 943. The van der Waals surface area contributed by atoms with E-state index in [0.717, 1.165) is 12.1 Å². The minimum absolute atomic E-state index is 0.0374. The van der Waals surface area contributed by atoms with Gasteiger partial charge in [0.2, 0.25) is 11.9 Å². The van der Waals surface area contributed by atoms with Crippen molar-refractivity contribution in [1.29, 1.82) is 0 Å². The lowest BCUT2D eigenvalue weighted by molar-refractivity contribution is -0.115. The van der Waals surface area contributed by atoms with Crippen molar-refractivity contribution in [2.75, 3.05) is 5.32 Å². The monoisotopic (exact) mass is 381 g/mol. The molecule has 2 aromatic carbocycles. The largest absolute Gasteiger partial charge is 0.295 e. The Labute approximate surface area is 152 Å². The fourth-order valence-electron chi connectivity index (χ4n) is 2.27. The van der Waals surface area contributed by atoms with Gasteiger partial charge in [-0.25, -0.2) is 13.8 Å². The summed E-state index contributed by atoms with van der Waals surface area (Å²) in [4.78, 5) is 16.2. The van der Waals surface area contributed by atoms with Crippen molar-refractivity contribution in [2.24, 2.45) is 0 Å². The number of amides is 1. The van der Waals surface area contributed by atoms with Gasteiger partial charge in [0, 0.05) is 18.5 Å². The number of rotatable bonds is 4. The van der Waals surface area contributed by atoms with Crippen LogP contribution in [0.15, 0.2) is 48.8 Å². The van der Waals surface area contributed by atoms with Crippen LogP contribution in [0.4, 0.5) is 14.7 Å². The molecule has 25 heavy (non-hydrogen) atoms. The topological polar surface area (TPSA) is 46.9 Å². The van der Waals surface area contributed by atoms with Crippen LogP contribution in [0.1, 0.15) is 5.56 Å². The number of benzene rings is 2. The number of nitrogens with one attached hydrogen (secondary N) is 1. The summed E-state index contributed by atoms with van der Waals surface area (Å²) < 4.78 is 28.3. The Balaban J connectivity index is 1.78. The van der Waals surface area contributed by atoms with E-state index in [1.807, 2.05) is 0 Å². The smallest absolute Gasteiger partial charge is 0.231 e. The molecule has 0 unspecified atom stereocenters. The summed E-state index contributed by atoms with van der Waals surface area (Å²) in [6.45, 7) is 0. The van der Waals surface area contributed by atoms with Crippen molar-refractivity contribution in [2.45, 2.75) is 6.42 Å². The van der Waals surface area contributed by atoms with E-state index in [0.29, 0.717) is 15.6 Å². The molecular formula is C17H11Cl2F2N3O. The highest BCUT2D eigenvalue weighted by Gasteiger charge is 2.13. The van der Waals surface area contributed by atoms with E-state index >= 15 is 0 Å². The first-order valence-electron chi connectivity index (χ1n) is 7.16. The second kappa shape index (κ2) is 7.21. The van der Waals surface area contributed by atoms with Crippen molar-refractivity contribution in [3.8, 4) is 5.69 Å². The second-order valence-electron chi connectivity index (χ2n) is 5.19. The van der Waals surface area contributed by atoms with Crippen LogP contribution in [-0.2, 0) is 11.2 Å². The van der Waals surface area contributed by atoms with Gasteiger partial charge in [-0.05, 0) is 29.8 Å². The predicted octanol–water partition coefficient (Wildman–Crippen LogP) is 4.64. The summed E-state index contributed by atoms with van der Waals surface area (Å²) in [6, 6.07) is 8.02. The Morgan fingerprint density at radius 1 is 1.12 bits per heavy atom. The number of carbonyl (C=O) groups is 1. The van der Waals surface area contributed by atoms with E-state index < -0.39 is 11.6 Å². The molecule has 1 N–H and O–H groups in total. The molecule has 1 aromatic heterocycles. The van der Waals surface area contributed by atoms with Gasteiger partial charge in [0.05, 0.1) is 22.2 Å². The molecule has 0 fully saturated rings. The number of anilines is 1. The molecule has 0 atom stereocenters. The molecule has 3 aromatic rings. The molecule has 1 heterocycles. The maximum atomic E-state index is 13.9. The van der Waals surface area contributed by atoms with E-state index in [1.165, 1.54) is 23.0 Å². The Kier molecular flexibility index (Phi) is 5.01. The third-order valence-corrected chi connectivity index (χ3v) is 4.15. The number of halogens is 4. The van der Waals surface area contributed by atoms with Gasteiger partial charge >= 0.3 is 0 Å². The summed E-state index contributed by atoms with van der Waals surface area (Å²) in [6.07, 6.45) is 2.90. The molecule has 0 aliphatic heterocycles. The van der Waals surface area contributed by atoms with Crippen LogP contribution in [0, 0.1) is 11.6 Å². The van der Waals surface area contributed by atoms with Crippen LogP contribution in [0.5, 0.6) is 0 Å². The third-order valence-electron chi connectivity index (χ3n) is 3.41. The molecule has 8 heteroatoms. The molecule has 1 amide bonds. The lowest BCUT2D eigenvalue weighted by Crippen LogP contribution is -2.17. The van der Waals surface area contributed by atoms with Gasteiger partial charge in [-0.15, -0.1) is 0 Å². The van der Waals surface area contributed by atoms with Crippen molar-refractivity contribution in [3.05, 3.63) is 76.0 Å². The molecule has 0 bridgehead atoms. The number of hydrogen-bond acceptors (Lipinski definition) is 2. The molecule has 0 aliphatic rings. The van der Waals surface area contributed by atoms with Crippen LogP contribution in [-0.4, -0.2) is 15.5 Å². The van der Waals surface area contributed by atoms with Crippen molar-refractivity contribution in [3.63, 3.8) is 0 Å². The minimum atomic E-state index is -0.766. The number of hydrogen-bond donors (Lipinski definition) is 1. The molecule has 3 rings (SSSR count). The normalized spacial score (nSPS) is 10.7. The van der Waals surface area contributed by atoms with Gasteiger partial charge in [-0.2, -0.15) is 0 Å². The zero-order valence-corrected chi connectivity index (χ0v) is 14.2. The van der Waals surface area contributed by atoms with Gasteiger partial charge in [-0.1, -0.05) is 29.3 Å². The quantitative estimate of drug-likeness (QED) is 0.715. The van der Waals surface area contributed by atoms with Crippen LogP contribution < -0.4 is 5.32 Å². The number of imidazole rings is 1. The van der Waals surface area contributed by atoms with Crippen LogP contribution in [0.25, 0.3) is 5.69 Å². The number of aromatic nitrogens is 2. The lowest BCUT2D eigenvalue weighted by atomic mass is 10.1. The number of nitrogens with zero attached hydrogens (tertiary/aromatic N) is 2. The van der Waals surface area contributed by atoms with Crippen LogP contribution in [0.2, 0.25) is 10.0 Å². The average molecular weight is 382 g/mol. The summed E-state index contributed by atoms with van der Waals surface area (Å²) in [5.74, 6) is -1.70. The van der Waals surface area contributed by atoms with E-state index in [9.17, 15) is 13.6 Å². The zero-order chi connectivity index (χ0) is 18.0. The fraction of sp³-hybridized carbons (Fsp3) is 0.0588. The van der Waals surface area contributed by atoms with Crippen LogP contribution in [0.3, 0.4) is 0 Å². The third kappa shape index (κ3) is 3.97. The summed E-state index contributed by atoms with van der Waals surface area (Å²) in [7, 11) is 0. The summed E-state index contributed by atoms with van der Waals surface area (Å²) in [5.41, 5.74) is 0.738. The number of carbonyl (C=O) groups excluding carboxylic acids is 1. The van der Waals surface area contributed by atoms with Gasteiger partial charge in [-0.3, -0.25) is 14.7 Å². The molecule has 0 spiro atoms. The zero-order valence-electron chi connectivity index (χ0n) is 12.6. The SMILES string of the molecule is O=C(Cc1ccc(Cl)c(Cl)c1)Nc1nccn1-c1ccc(F)cc1F. The van der Waals surface area contributed by atoms with Gasteiger partial charge in [0.1, 0.15) is 11.6 Å². The molecule has 0 saturated carbocycles. The maximum absolute atomic E-state index is 13.9. The van der Waals surface area contributed by atoms with Crippen LogP contribution >= 0.6 is 23.2 Å². The molecule has 4 nitrogen and oxygen atoms in total. The highest BCUT2D eigenvalue weighted by Crippen LogP contribution is 2.23. The van der Waals surface area contributed by atoms with Gasteiger partial charge in [0.25, 0.3) is 0 Å². The minimum Gasteiger partial charge on any atom is -0.295 e. The molecule has 128 valence electrons. The Hall–Kier alpha value is -2.44. The molecular weight excluding hydrogens is 371 g/mol. The Morgan fingerprint density at radius 3 is 2.64 bits per heavy atom. The molecule has 0 radical (unpaired) electrons. The van der Waals surface area contributed by atoms with Crippen molar-refractivity contribution >= 4 is 35.1 Å². The maximum Gasteiger partial charge on any atom is 0.231 e. The predicted molar refractivity (Wildman–Crippen MR) is 92.3 cm³/mol. The summed E-state index contributed by atoms with van der Waals surface area (Å²) >= 11 is 11.8. The van der Waals surface area contributed by atoms with E-state index in [-0.39, 0.29) is 24.0 Å². The molecule has 0 aliphatic carbocycles. The van der Waals surface area contributed by atoms with Crippen molar-refractivity contribution < 1.29 is 13.6 Å². The Morgan fingerprint density at radius 2 is 1.92 bits per heavy atom. The standard InChI is InChI=1S/C17H11Cl2F2N3O/c18-12-3-1-10(7-13(12)19)8-16(25)23-17-22-5-6-24(17)15-4-2-11(20)9-14(15)21/h1-7,9H,8H2,(H,22,23,25). The second-order valence-corrected chi connectivity index (χ2v) is 6.00.